The predicted octanol–water partition coefficient (Wildman–Crippen LogP) is 2.18. The highest BCUT2D eigenvalue weighted by Crippen LogP contribution is 2.43. The lowest BCUT2D eigenvalue weighted by atomic mass is 9.92. The van der Waals surface area contributed by atoms with Gasteiger partial charge in [0.25, 0.3) is 5.91 Å². The molecule has 2 aliphatic carbocycles. The van der Waals surface area contributed by atoms with Crippen molar-refractivity contribution in [3.05, 3.63) is 28.9 Å². The van der Waals surface area contributed by atoms with Gasteiger partial charge >= 0.3 is 0 Å². The number of hydrogen-bond donors (Lipinski definition) is 4. The van der Waals surface area contributed by atoms with E-state index in [4.69, 9.17) is 16.3 Å². The summed E-state index contributed by atoms with van der Waals surface area (Å²) >= 11 is 6.31. The monoisotopic (exact) mass is 556 g/mol. The van der Waals surface area contributed by atoms with Crippen molar-refractivity contribution in [2.24, 2.45) is 17.8 Å². The van der Waals surface area contributed by atoms with Gasteiger partial charge in [0, 0.05) is 29.4 Å². The number of aliphatic hydroxyl groups is 1. The van der Waals surface area contributed by atoms with Crippen molar-refractivity contribution in [1.29, 1.82) is 0 Å². The first kappa shape index (κ1) is 26.1. The molecule has 5 atom stereocenters. The summed E-state index contributed by atoms with van der Waals surface area (Å²) in [5.74, 6) is -1.00. The number of nitrogens with one attached hydrogen (secondary N) is 3. The average Bonchev–Trinajstić information content (AvgIpc) is 3.25. The number of H-pyrrole nitrogens is 1. The topological polar surface area (TPSA) is 141 Å². The quantitative estimate of drug-likeness (QED) is 0.373. The van der Waals surface area contributed by atoms with Gasteiger partial charge < -0.3 is 30.4 Å². The number of carbonyl (C=O) groups excluding carboxylic acids is 4. The fourth-order valence-corrected chi connectivity index (χ4v) is 6.75. The number of aromatic amines is 1. The summed E-state index contributed by atoms with van der Waals surface area (Å²) in [6.07, 6.45) is 5.56. The van der Waals surface area contributed by atoms with E-state index in [1.807, 2.05) is 0 Å². The van der Waals surface area contributed by atoms with E-state index in [1.165, 1.54) is 0 Å². The van der Waals surface area contributed by atoms with Crippen LogP contribution in [0.1, 0.15) is 55.4 Å². The number of halogens is 1. The van der Waals surface area contributed by atoms with Crippen molar-refractivity contribution >= 4 is 46.0 Å². The Bertz CT molecular complexity index is 1320. The van der Waals surface area contributed by atoms with Gasteiger partial charge in [-0.2, -0.15) is 0 Å². The Balaban J connectivity index is 1.25. The van der Waals surface area contributed by atoms with E-state index in [2.05, 4.69) is 15.6 Å². The number of carbonyl (C=O) groups is 4. The molecule has 0 spiro atoms. The van der Waals surface area contributed by atoms with Gasteiger partial charge in [-0.15, -0.1) is 0 Å². The normalized spacial score (nSPS) is 26.9. The van der Waals surface area contributed by atoms with Crippen LogP contribution in [0.3, 0.4) is 0 Å². The van der Waals surface area contributed by atoms with Crippen LogP contribution >= 0.6 is 11.6 Å². The van der Waals surface area contributed by atoms with Crippen LogP contribution in [-0.4, -0.2) is 76.4 Å². The van der Waals surface area contributed by atoms with Gasteiger partial charge in [0.15, 0.2) is 5.78 Å². The van der Waals surface area contributed by atoms with Gasteiger partial charge in [-0.05, 0) is 68.6 Å². The smallest absolute Gasteiger partial charge is 0.271 e. The third kappa shape index (κ3) is 5.12. The molecular formula is C28H33ClN4O6. The number of fused-ring (bicyclic) bond motifs is 2. The van der Waals surface area contributed by atoms with Crippen molar-refractivity contribution in [2.45, 2.75) is 63.1 Å². The third-order valence-corrected chi connectivity index (χ3v) is 8.90. The number of aliphatic hydroxyl groups excluding tert-OH is 1. The number of rotatable bonds is 9. The molecule has 39 heavy (non-hydrogen) atoms. The zero-order valence-electron chi connectivity index (χ0n) is 21.6. The number of ketones is 1. The second-order valence-corrected chi connectivity index (χ2v) is 11.8. The number of nitrogens with zero attached hydrogens (tertiary/aromatic N) is 1. The van der Waals surface area contributed by atoms with Crippen LogP contribution in [0.2, 0.25) is 5.02 Å². The molecule has 2 saturated heterocycles. The van der Waals surface area contributed by atoms with E-state index < -0.39 is 36.3 Å². The molecule has 0 unspecified atom stereocenters. The number of hydrogen-bond acceptors (Lipinski definition) is 6. The van der Waals surface area contributed by atoms with E-state index in [0.29, 0.717) is 41.5 Å². The Morgan fingerprint density at radius 3 is 2.69 bits per heavy atom. The summed E-state index contributed by atoms with van der Waals surface area (Å²) in [6.45, 7) is 0.240. The van der Waals surface area contributed by atoms with Crippen LogP contribution in [0.15, 0.2) is 18.2 Å². The molecule has 4 fully saturated rings. The molecule has 2 aromatic rings. The molecule has 208 valence electrons. The highest BCUT2D eigenvalue weighted by molar-refractivity contribution is 6.31. The molecule has 1 aromatic carbocycles. The van der Waals surface area contributed by atoms with Gasteiger partial charge in [-0.25, -0.2) is 0 Å². The van der Waals surface area contributed by atoms with Gasteiger partial charge in [0.05, 0.1) is 17.7 Å². The van der Waals surface area contributed by atoms with E-state index in [-0.39, 0.29) is 36.2 Å². The van der Waals surface area contributed by atoms with Crippen molar-refractivity contribution in [3.8, 4) is 5.75 Å². The van der Waals surface area contributed by atoms with Crippen LogP contribution in [-0.2, 0) is 14.4 Å². The Labute approximate surface area is 230 Å². The SMILES string of the molecule is O=C1NCC[C@H]1C[C@H](NC(=O)[C@@H]1[C@H]2CCC[C@H]2CN1C(=O)c1cc2c(OC3CC3)cc(Cl)cc2[nH]1)C(=O)CO. The van der Waals surface area contributed by atoms with Crippen LogP contribution < -0.4 is 15.4 Å². The Morgan fingerprint density at radius 2 is 1.97 bits per heavy atom. The van der Waals surface area contributed by atoms with Crippen molar-refractivity contribution < 1.29 is 29.0 Å². The summed E-state index contributed by atoms with van der Waals surface area (Å²) < 4.78 is 6.02. The second-order valence-electron chi connectivity index (χ2n) is 11.3. The maximum absolute atomic E-state index is 13.9. The molecule has 2 aliphatic heterocycles. The van der Waals surface area contributed by atoms with Crippen molar-refractivity contribution in [3.63, 3.8) is 0 Å². The summed E-state index contributed by atoms with van der Waals surface area (Å²) in [4.78, 5) is 57.1. The summed E-state index contributed by atoms with van der Waals surface area (Å²) in [6, 6.07) is 3.52. The zero-order valence-corrected chi connectivity index (χ0v) is 22.3. The molecule has 3 amide bonds. The van der Waals surface area contributed by atoms with E-state index >= 15 is 0 Å². The first-order chi connectivity index (χ1) is 18.8. The number of benzene rings is 1. The third-order valence-electron chi connectivity index (χ3n) is 8.68. The molecule has 0 radical (unpaired) electrons. The van der Waals surface area contributed by atoms with Gasteiger partial charge in [0.2, 0.25) is 11.8 Å². The minimum Gasteiger partial charge on any atom is -0.490 e. The molecule has 2 saturated carbocycles. The lowest BCUT2D eigenvalue weighted by molar-refractivity contribution is -0.133. The molecule has 0 bridgehead atoms. The minimum atomic E-state index is -0.994. The first-order valence-corrected chi connectivity index (χ1v) is 14.2. The standard InChI is InChI=1S/C28H33ClN4O6/c29-16-9-20-19(24(10-16)39-17-4-5-17)11-22(31-20)28(38)33-12-15-2-1-3-18(15)25(33)27(37)32-21(23(35)13-34)8-14-6-7-30-26(14)36/h9-11,14-15,17-18,21,25,31,34H,1-8,12-13H2,(H,30,36)(H,32,37)/t14-,15-,18-,21-,25-/m0/s1. The van der Waals surface area contributed by atoms with Crippen LogP contribution in [0.4, 0.5) is 0 Å². The maximum atomic E-state index is 13.9. The molecule has 10 nitrogen and oxygen atoms in total. The summed E-state index contributed by atoms with van der Waals surface area (Å²) in [5.41, 5.74) is 1.03. The largest absolute Gasteiger partial charge is 0.490 e. The minimum absolute atomic E-state index is 0.0128. The van der Waals surface area contributed by atoms with Crippen LogP contribution in [0.5, 0.6) is 5.75 Å². The van der Waals surface area contributed by atoms with Gasteiger partial charge in [-0.1, -0.05) is 18.0 Å². The number of aromatic nitrogens is 1. The molecule has 4 N–H and O–H groups in total. The first-order valence-electron chi connectivity index (χ1n) is 13.8. The Hall–Kier alpha value is -3.11. The number of likely N-dealkylation sites (tertiary alicyclic amines) is 1. The Morgan fingerprint density at radius 1 is 1.15 bits per heavy atom. The van der Waals surface area contributed by atoms with E-state index in [1.54, 1.807) is 23.1 Å². The number of ether oxygens (including phenoxy) is 1. The van der Waals surface area contributed by atoms with Crippen LogP contribution in [0, 0.1) is 17.8 Å². The lowest BCUT2D eigenvalue weighted by Crippen LogP contribution is -2.53. The maximum Gasteiger partial charge on any atom is 0.271 e. The predicted molar refractivity (Wildman–Crippen MR) is 142 cm³/mol. The van der Waals surface area contributed by atoms with Gasteiger partial charge in [0.1, 0.15) is 24.1 Å². The van der Waals surface area contributed by atoms with Gasteiger partial charge in [-0.3, -0.25) is 19.2 Å². The molecule has 4 aliphatic rings. The molecule has 6 rings (SSSR count). The number of amides is 3. The molecule has 11 heteroatoms. The summed E-state index contributed by atoms with van der Waals surface area (Å²) in [5, 5.41) is 16.4. The fraction of sp³-hybridized carbons (Fsp3) is 0.571. The van der Waals surface area contributed by atoms with Crippen molar-refractivity contribution in [2.75, 3.05) is 19.7 Å². The zero-order chi connectivity index (χ0) is 27.3. The van der Waals surface area contributed by atoms with E-state index in [9.17, 15) is 24.3 Å². The fourth-order valence-electron chi connectivity index (χ4n) is 6.55. The number of Topliss-reactive ketones (excluding diaryl/α,β-unsaturated/α-hetero) is 1. The second kappa shape index (κ2) is 10.5. The van der Waals surface area contributed by atoms with Crippen molar-refractivity contribution in [1.82, 2.24) is 20.5 Å². The molecular weight excluding hydrogens is 524 g/mol. The molecule has 3 heterocycles. The van der Waals surface area contributed by atoms with E-state index in [0.717, 1.165) is 37.5 Å². The molecule has 1 aromatic heterocycles. The highest BCUT2D eigenvalue weighted by atomic mass is 35.5. The Kier molecular flexibility index (Phi) is 7.01. The lowest BCUT2D eigenvalue weighted by Gasteiger charge is -2.29. The highest BCUT2D eigenvalue weighted by Gasteiger charge is 2.50. The average molecular weight is 557 g/mol. The summed E-state index contributed by atoms with van der Waals surface area (Å²) in [7, 11) is 0. The van der Waals surface area contributed by atoms with Crippen LogP contribution in [0.25, 0.3) is 10.9 Å².